The van der Waals surface area contributed by atoms with Gasteiger partial charge in [0.1, 0.15) is 5.82 Å². The number of hydrogen-bond acceptors (Lipinski definition) is 3. The lowest BCUT2D eigenvalue weighted by Gasteiger charge is -2.37. The topological polar surface area (TPSA) is 61.4 Å². The van der Waals surface area contributed by atoms with E-state index in [9.17, 15) is 14.0 Å². The number of nitrogens with one attached hydrogen (secondary N) is 2. The average molecular weight is 370 g/mol. The standard InChI is InChI=1S/C18H24FN3O2.ClH/c1-22(2)16(23)14-9-13(6-7-15(14)19)21-17(24)18-8-4-3-5-12(18)10-20-11-18;/h6-7,9,12,20H,3-5,8,10-11H2,1-2H3,(H,21,24);1H/t12-,18+;/m0./s1. The third-order valence-corrected chi connectivity index (χ3v) is 5.35. The first-order valence-electron chi connectivity index (χ1n) is 8.47. The summed E-state index contributed by atoms with van der Waals surface area (Å²) in [6.07, 6.45) is 4.16. The summed E-state index contributed by atoms with van der Waals surface area (Å²) in [6.45, 7) is 1.56. The lowest BCUT2D eigenvalue weighted by molar-refractivity contribution is -0.128. The zero-order valence-electron chi connectivity index (χ0n) is 14.6. The predicted octanol–water partition coefficient (Wildman–Crippen LogP) is 2.67. The van der Waals surface area contributed by atoms with Crippen LogP contribution in [0, 0.1) is 17.2 Å². The molecule has 2 amide bonds. The molecule has 7 heteroatoms. The summed E-state index contributed by atoms with van der Waals surface area (Å²) in [5, 5.41) is 6.26. The molecule has 3 rings (SSSR count). The van der Waals surface area contributed by atoms with Crippen LogP contribution in [0.5, 0.6) is 0 Å². The highest BCUT2D eigenvalue weighted by atomic mass is 35.5. The van der Waals surface area contributed by atoms with Crippen molar-refractivity contribution in [3.63, 3.8) is 0 Å². The van der Waals surface area contributed by atoms with E-state index in [2.05, 4.69) is 10.6 Å². The molecule has 1 saturated carbocycles. The lowest BCUT2D eigenvalue weighted by atomic mass is 9.67. The minimum absolute atomic E-state index is 0. The second kappa shape index (κ2) is 7.70. The Bertz CT molecular complexity index is 668. The summed E-state index contributed by atoms with van der Waals surface area (Å²) in [7, 11) is 3.14. The molecule has 2 atom stereocenters. The van der Waals surface area contributed by atoms with Crippen molar-refractivity contribution >= 4 is 29.9 Å². The SMILES string of the molecule is CN(C)C(=O)c1cc(NC(=O)[C@@]23CCCC[C@H]2CNC3)ccc1F.Cl. The van der Waals surface area contributed by atoms with Crippen molar-refractivity contribution < 1.29 is 14.0 Å². The maximum absolute atomic E-state index is 13.9. The van der Waals surface area contributed by atoms with E-state index >= 15 is 0 Å². The highest BCUT2D eigenvalue weighted by Crippen LogP contribution is 2.44. The Morgan fingerprint density at radius 1 is 1.32 bits per heavy atom. The van der Waals surface area contributed by atoms with Gasteiger partial charge in [-0.1, -0.05) is 12.8 Å². The van der Waals surface area contributed by atoms with Gasteiger partial charge >= 0.3 is 0 Å². The quantitative estimate of drug-likeness (QED) is 0.861. The van der Waals surface area contributed by atoms with Crippen LogP contribution in [0.3, 0.4) is 0 Å². The second-order valence-electron chi connectivity index (χ2n) is 7.08. The molecular formula is C18H25ClFN3O2. The summed E-state index contributed by atoms with van der Waals surface area (Å²) in [4.78, 5) is 26.3. The molecule has 1 saturated heterocycles. The van der Waals surface area contributed by atoms with E-state index in [-0.39, 0.29) is 29.3 Å². The van der Waals surface area contributed by atoms with Gasteiger partial charge in [-0.05, 0) is 43.5 Å². The van der Waals surface area contributed by atoms with Gasteiger partial charge in [-0.15, -0.1) is 12.4 Å². The monoisotopic (exact) mass is 369 g/mol. The molecule has 2 aliphatic rings. The molecule has 0 spiro atoms. The first-order chi connectivity index (χ1) is 11.4. The predicted molar refractivity (Wildman–Crippen MR) is 97.6 cm³/mol. The van der Waals surface area contributed by atoms with Crippen LogP contribution in [-0.2, 0) is 4.79 Å². The Balaban J connectivity index is 0.00000225. The van der Waals surface area contributed by atoms with Crippen molar-refractivity contribution in [1.29, 1.82) is 0 Å². The first-order valence-corrected chi connectivity index (χ1v) is 8.47. The molecule has 0 unspecified atom stereocenters. The van der Waals surface area contributed by atoms with Crippen LogP contribution in [0.15, 0.2) is 18.2 Å². The van der Waals surface area contributed by atoms with E-state index in [4.69, 9.17) is 0 Å². The number of nitrogens with zero attached hydrogens (tertiary/aromatic N) is 1. The number of fused-ring (bicyclic) bond motifs is 1. The first kappa shape index (κ1) is 19.7. The maximum Gasteiger partial charge on any atom is 0.256 e. The van der Waals surface area contributed by atoms with Crippen molar-refractivity contribution in [2.45, 2.75) is 25.7 Å². The van der Waals surface area contributed by atoms with Gasteiger partial charge in [0, 0.05) is 26.3 Å². The molecule has 1 aromatic rings. The van der Waals surface area contributed by atoms with Crippen LogP contribution in [0.25, 0.3) is 0 Å². The Labute approximate surface area is 153 Å². The molecular weight excluding hydrogens is 345 g/mol. The molecule has 0 aromatic heterocycles. The Morgan fingerprint density at radius 3 is 2.80 bits per heavy atom. The number of halogens is 2. The molecule has 138 valence electrons. The lowest BCUT2D eigenvalue weighted by Crippen LogP contribution is -2.44. The van der Waals surface area contributed by atoms with E-state index in [0.29, 0.717) is 18.2 Å². The third-order valence-electron chi connectivity index (χ3n) is 5.35. The van der Waals surface area contributed by atoms with Crippen molar-refractivity contribution in [2.75, 3.05) is 32.5 Å². The minimum atomic E-state index is -0.581. The highest BCUT2D eigenvalue weighted by Gasteiger charge is 2.49. The molecule has 25 heavy (non-hydrogen) atoms. The number of rotatable bonds is 3. The smallest absolute Gasteiger partial charge is 0.256 e. The molecule has 1 aliphatic carbocycles. The normalized spacial score (nSPS) is 24.8. The van der Waals surface area contributed by atoms with E-state index in [0.717, 1.165) is 25.8 Å². The van der Waals surface area contributed by atoms with Gasteiger partial charge in [0.05, 0.1) is 11.0 Å². The van der Waals surface area contributed by atoms with Gasteiger partial charge < -0.3 is 15.5 Å². The summed E-state index contributed by atoms with van der Waals surface area (Å²) in [5.41, 5.74) is 0.0653. The fourth-order valence-electron chi connectivity index (χ4n) is 3.95. The fraction of sp³-hybridized carbons (Fsp3) is 0.556. The molecule has 2 fully saturated rings. The molecule has 5 nitrogen and oxygen atoms in total. The second-order valence-corrected chi connectivity index (χ2v) is 7.08. The molecule has 2 N–H and O–H groups in total. The number of hydrogen-bond donors (Lipinski definition) is 2. The summed E-state index contributed by atoms with van der Waals surface area (Å²) >= 11 is 0. The summed E-state index contributed by atoms with van der Waals surface area (Å²) in [5.74, 6) is -0.663. The van der Waals surface area contributed by atoms with Gasteiger partial charge in [-0.25, -0.2) is 4.39 Å². The van der Waals surface area contributed by atoms with Crippen LogP contribution in [-0.4, -0.2) is 43.9 Å². The van der Waals surface area contributed by atoms with E-state index in [1.54, 1.807) is 14.1 Å². The molecule has 1 aliphatic heterocycles. The Morgan fingerprint density at radius 2 is 2.08 bits per heavy atom. The molecule has 1 heterocycles. The molecule has 0 bridgehead atoms. The van der Waals surface area contributed by atoms with Crippen LogP contribution in [0.2, 0.25) is 0 Å². The highest BCUT2D eigenvalue weighted by molar-refractivity contribution is 5.99. The zero-order valence-corrected chi connectivity index (χ0v) is 15.4. The number of benzene rings is 1. The molecule has 0 radical (unpaired) electrons. The van der Waals surface area contributed by atoms with Crippen molar-refractivity contribution in [2.24, 2.45) is 11.3 Å². The average Bonchev–Trinajstić information content (AvgIpc) is 3.01. The van der Waals surface area contributed by atoms with Crippen LogP contribution in [0.4, 0.5) is 10.1 Å². The Kier molecular flexibility index (Phi) is 6.06. The van der Waals surface area contributed by atoms with Gasteiger partial charge in [0.2, 0.25) is 5.91 Å². The van der Waals surface area contributed by atoms with Gasteiger partial charge in [-0.3, -0.25) is 9.59 Å². The van der Waals surface area contributed by atoms with Crippen molar-refractivity contribution in [3.8, 4) is 0 Å². The van der Waals surface area contributed by atoms with Crippen LogP contribution < -0.4 is 10.6 Å². The van der Waals surface area contributed by atoms with Crippen LogP contribution in [0.1, 0.15) is 36.0 Å². The van der Waals surface area contributed by atoms with Crippen LogP contribution >= 0.6 is 12.4 Å². The fourth-order valence-corrected chi connectivity index (χ4v) is 3.95. The number of anilines is 1. The molecule has 1 aromatic carbocycles. The van der Waals surface area contributed by atoms with Gasteiger partial charge in [0.15, 0.2) is 0 Å². The van der Waals surface area contributed by atoms with Crippen molar-refractivity contribution in [1.82, 2.24) is 10.2 Å². The van der Waals surface area contributed by atoms with Crippen molar-refractivity contribution in [3.05, 3.63) is 29.6 Å². The zero-order chi connectivity index (χ0) is 17.3. The van der Waals surface area contributed by atoms with E-state index in [1.807, 2.05) is 0 Å². The van der Waals surface area contributed by atoms with E-state index in [1.165, 1.54) is 29.5 Å². The Hall–Kier alpha value is -1.66. The number of carbonyl (C=O) groups excluding carboxylic acids is 2. The summed E-state index contributed by atoms with van der Waals surface area (Å²) in [6, 6.07) is 4.16. The number of amides is 2. The van der Waals surface area contributed by atoms with Gasteiger partial charge in [-0.2, -0.15) is 0 Å². The number of carbonyl (C=O) groups is 2. The van der Waals surface area contributed by atoms with Gasteiger partial charge in [0.25, 0.3) is 5.91 Å². The van der Waals surface area contributed by atoms with E-state index < -0.39 is 11.7 Å². The minimum Gasteiger partial charge on any atom is -0.345 e. The maximum atomic E-state index is 13.9. The summed E-state index contributed by atoms with van der Waals surface area (Å²) < 4.78 is 13.9. The largest absolute Gasteiger partial charge is 0.345 e. The third kappa shape index (κ3) is 3.65.